The van der Waals surface area contributed by atoms with Gasteiger partial charge in [-0.1, -0.05) is 30.3 Å². The van der Waals surface area contributed by atoms with Gasteiger partial charge in [-0.2, -0.15) is 0 Å². The van der Waals surface area contributed by atoms with Crippen molar-refractivity contribution in [2.45, 2.75) is 36.1 Å². The minimum atomic E-state index is -1.37. The first-order valence-corrected chi connectivity index (χ1v) is 9.07. The Labute approximate surface area is 165 Å². The second-order valence-electron chi connectivity index (χ2n) is 7.14. The maximum Gasteiger partial charge on any atom is 0.258 e. The van der Waals surface area contributed by atoms with Gasteiger partial charge in [0, 0.05) is 11.5 Å². The average Bonchev–Trinajstić information content (AvgIpc) is 3.22. The number of carbonyl (C=O) groups excluding carboxylic acids is 2. The van der Waals surface area contributed by atoms with Gasteiger partial charge in [-0.05, 0) is 38.0 Å². The molecule has 2 aromatic carbocycles. The first-order valence-electron chi connectivity index (χ1n) is 8.32. The second kappa shape index (κ2) is 6.88. The number of benzene rings is 2. The number of ketones is 1. The molecule has 1 aliphatic rings. The fraction of sp³-hybridized carbons (Fsp3) is 0.300. The number of hydrogen-bond acceptors (Lipinski definition) is 2. The van der Waals surface area contributed by atoms with E-state index in [4.69, 9.17) is 23.2 Å². The van der Waals surface area contributed by atoms with E-state index in [9.17, 15) is 18.4 Å². The number of hydrogen-bond donors (Lipinski definition) is 1. The van der Waals surface area contributed by atoms with Gasteiger partial charge in [0.1, 0.15) is 21.5 Å². The molecule has 7 heteroatoms. The van der Waals surface area contributed by atoms with E-state index in [1.807, 2.05) is 0 Å². The van der Waals surface area contributed by atoms with Crippen LogP contribution in [0.1, 0.15) is 52.5 Å². The van der Waals surface area contributed by atoms with Crippen LogP contribution in [0.4, 0.5) is 8.78 Å². The van der Waals surface area contributed by atoms with E-state index in [1.165, 1.54) is 13.8 Å². The molecule has 0 aliphatic heterocycles. The Kier molecular flexibility index (Phi) is 5.04. The quantitative estimate of drug-likeness (QED) is 0.554. The maximum atomic E-state index is 13.8. The van der Waals surface area contributed by atoms with Gasteiger partial charge in [0.05, 0.1) is 5.54 Å². The molecule has 1 atom stereocenters. The zero-order chi connectivity index (χ0) is 20.0. The fourth-order valence-corrected chi connectivity index (χ4v) is 3.48. The summed E-state index contributed by atoms with van der Waals surface area (Å²) in [6, 6.07) is 9.90. The highest BCUT2D eigenvalue weighted by atomic mass is 35.5. The van der Waals surface area contributed by atoms with Crippen molar-refractivity contribution in [1.29, 1.82) is 0 Å². The molecule has 0 bridgehead atoms. The molecular weight excluding hydrogens is 395 g/mol. The number of amides is 1. The highest BCUT2D eigenvalue weighted by molar-refractivity contribution is 6.51. The van der Waals surface area contributed by atoms with Crippen molar-refractivity contribution in [2.24, 2.45) is 0 Å². The van der Waals surface area contributed by atoms with E-state index >= 15 is 0 Å². The largest absolute Gasteiger partial charge is 0.340 e. The van der Waals surface area contributed by atoms with E-state index < -0.39 is 38.8 Å². The summed E-state index contributed by atoms with van der Waals surface area (Å²) in [6.45, 7) is 2.95. The van der Waals surface area contributed by atoms with E-state index in [-0.39, 0.29) is 5.92 Å². The summed E-state index contributed by atoms with van der Waals surface area (Å²) < 4.78 is 26.8. The molecule has 27 heavy (non-hydrogen) atoms. The number of nitrogens with one attached hydrogen (secondary N) is 1. The number of alkyl halides is 2. The van der Waals surface area contributed by atoms with Crippen LogP contribution in [0.3, 0.4) is 0 Å². The minimum absolute atomic E-state index is 0.0294. The van der Waals surface area contributed by atoms with Gasteiger partial charge in [0.2, 0.25) is 0 Å². The molecule has 1 unspecified atom stereocenters. The lowest BCUT2D eigenvalue weighted by atomic mass is 9.91. The number of rotatable bonds is 5. The zero-order valence-electron chi connectivity index (χ0n) is 14.7. The van der Waals surface area contributed by atoms with E-state index in [1.54, 1.807) is 24.3 Å². The molecule has 142 valence electrons. The summed E-state index contributed by atoms with van der Waals surface area (Å²) >= 11 is 12.1. The van der Waals surface area contributed by atoms with Crippen molar-refractivity contribution in [2.75, 3.05) is 0 Å². The van der Waals surface area contributed by atoms with Crippen molar-refractivity contribution in [3.05, 3.63) is 70.8 Å². The molecule has 0 heterocycles. The van der Waals surface area contributed by atoms with Crippen LogP contribution in [-0.4, -0.2) is 21.6 Å². The Balaban J connectivity index is 1.76. The Morgan fingerprint density at radius 2 is 1.59 bits per heavy atom. The molecule has 1 N–H and O–H groups in total. The third-order valence-corrected chi connectivity index (χ3v) is 5.42. The van der Waals surface area contributed by atoms with Crippen LogP contribution in [0.15, 0.2) is 42.5 Å². The Morgan fingerprint density at radius 1 is 1.07 bits per heavy atom. The van der Waals surface area contributed by atoms with Gasteiger partial charge in [0.25, 0.3) is 5.91 Å². The lowest BCUT2D eigenvalue weighted by Crippen LogP contribution is -2.50. The summed E-state index contributed by atoms with van der Waals surface area (Å²) in [5.41, 5.74) is -0.807. The van der Waals surface area contributed by atoms with Crippen LogP contribution in [0.25, 0.3) is 0 Å². The van der Waals surface area contributed by atoms with Gasteiger partial charge in [-0.25, -0.2) is 8.78 Å². The summed E-state index contributed by atoms with van der Waals surface area (Å²) in [6.07, 6.45) is 0.652. The van der Waals surface area contributed by atoms with Gasteiger partial charge >= 0.3 is 0 Å². The maximum absolute atomic E-state index is 13.8. The monoisotopic (exact) mass is 411 g/mol. The van der Waals surface area contributed by atoms with E-state index in [0.29, 0.717) is 12.0 Å². The Hall–Kier alpha value is -1.98. The first kappa shape index (κ1) is 19.8. The van der Waals surface area contributed by atoms with Crippen LogP contribution >= 0.6 is 23.2 Å². The normalized spacial score (nSPS) is 18.1. The Morgan fingerprint density at radius 3 is 2.07 bits per heavy atom. The predicted molar refractivity (Wildman–Crippen MR) is 100 cm³/mol. The number of carbonyl (C=O) groups is 2. The summed E-state index contributed by atoms with van der Waals surface area (Å²) in [5.74, 6) is -3.34. The molecule has 0 saturated heterocycles. The molecule has 3 rings (SSSR count). The van der Waals surface area contributed by atoms with Crippen molar-refractivity contribution in [3.8, 4) is 0 Å². The van der Waals surface area contributed by atoms with Crippen molar-refractivity contribution in [1.82, 2.24) is 5.32 Å². The topological polar surface area (TPSA) is 46.2 Å². The molecule has 0 spiro atoms. The summed E-state index contributed by atoms with van der Waals surface area (Å²) in [5, 5.41) is 2.40. The highest BCUT2D eigenvalue weighted by Gasteiger charge is 2.52. The second-order valence-corrected chi connectivity index (χ2v) is 8.69. The molecule has 0 radical (unpaired) electrons. The number of halogens is 4. The van der Waals surface area contributed by atoms with E-state index in [0.717, 1.165) is 23.8 Å². The zero-order valence-corrected chi connectivity index (χ0v) is 16.2. The van der Waals surface area contributed by atoms with Crippen LogP contribution in [0.2, 0.25) is 0 Å². The van der Waals surface area contributed by atoms with Crippen molar-refractivity contribution < 1.29 is 18.4 Å². The highest BCUT2D eigenvalue weighted by Crippen LogP contribution is 2.59. The average molecular weight is 412 g/mol. The molecule has 2 aromatic rings. The van der Waals surface area contributed by atoms with Crippen LogP contribution in [0.5, 0.6) is 0 Å². The Bertz CT molecular complexity index is 890. The van der Waals surface area contributed by atoms with Crippen LogP contribution in [-0.2, 0) is 0 Å². The smallest absolute Gasteiger partial charge is 0.258 e. The SMILES string of the molecule is CC(C)(NC(=O)c1c(F)cccc1F)C(=O)c1ccc(C2CC2(Cl)Cl)cc1. The van der Waals surface area contributed by atoms with Crippen molar-refractivity contribution in [3.63, 3.8) is 0 Å². The molecule has 1 aliphatic carbocycles. The third kappa shape index (κ3) is 3.99. The number of Topliss-reactive ketones (excluding diaryl/α,β-unsaturated/α-hetero) is 1. The molecule has 1 amide bonds. The minimum Gasteiger partial charge on any atom is -0.340 e. The lowest BCUT2D eigenvalue weighted by Gasteiger charge is -2.25. The van der Waals surface area contributed by atoms with Crippen molar-refractivity contribution >= 4 is 34.9 Å². The molecule has 3 nitrogen and oxygen atoms in total. The molecular formula is C20H17Cl2F2NO2. The van der Waals surface area contributed by atoms with Crippen LogP contribution < -0.4 is 5.32 Å². The fourth-order valence-electron chi connectivity index (χ4n) is 2.92. The summed E-state index contributed by atoms with van der Waals surface area (Å²) in [4.78, 5) is 25.1. The third-order valence-electron chi connectivity index (χ3n) is 4.58. The van der Waals surface area contributed by atoms with Gasteiger partial charge in [0.15, 0.2) is 5.78 Å². The van der Waals surface area contributed by atoms with Gasteiger partial charge in [-0.15, -0.1) is 23.2 Å². The van der Waals surface area contributed by atoms with Gasteiger partial charge in [-0.3, -0.25) is 9.59 Å². The summed E-state index contributed by atoms with van der Waals surface area (Å²) in [7, 11) is 0. The molecule has 1 fully saturated rings. The predicted octanol–water partition coefficient (Wildman–Crippen LogP) is 5.02. The van der Waals surface area contributed by atoms with E-state index in [2.05, 4.69) is 5.32 Å². The van der Waals surface area contributed by atoms with Gasteiger partial charge < -0.3 is 5.32 Å². The first-order chi connectivity index (χ1) is 12.5. The molecule has 1 saturated carbocycles. The lowest BCUT2D eigenvalue weighted by molar-refractivity contribution is 0.0793. The molecule has 0 aromatic heterocycles. The standard InChI is InChI=1S/C20H17Cl2F2NO2/c1-19(2,25-18(27)16-14(23)4-3-5-15(16)24)17(26)12-8-6-11(7-9-12)13-10-20(13,21)22/h3-9,13H,10H2,1-2H3,(H,25,27). The van der Waals surface area contributed by atoms with Crippen LogP contribution in [0, 0.1) is 11.6 Å².